The van der Waals surface area contributed by atoms with Crippen molar-refractivity contribution in [3.8, 4) is 5.88 Å². The van der Waals surface area contributed by atoms with Crippen LogP contribution in [0.15, 0.2) is 42.7 Å². The Bertz CT molecular complexity index is 695. The molecule has 0 aliphatic carbocycles. The van der Waals surface area contributed by atoms with E-state index in [1.54, 1.807) is 30.8 Å². The maximum absolute atomic E-state index is 5.72. The number of benzene rings is 1. The number of thiophene rings is 1. The summed E-state index contributed by atoms with van der Waals surface area (Å²) < 4.78 is 6.47. The maximum atomic E-state index is 5.72. The molecule has 20 heavy (non-hydrogen) atoms. The van der Waals surface area contributed by atoms with Crippen molar-refractivity contribution in [1.29, 1.82) is 0 Å². The van der Waals surface area contributed by atoms with Gasteiger partial charge in [0.25, 0.3) is 0 Å². The van der Waals surface area contributed by atoms with E-state index >= 15 is 0 Å². The van der Waals surface area contributed by atoms with Crippen molar-refractivity contribution >= 4 is 21.4 Å². The van der Waals surface area contributed by atoms with E-state index in [1.165, 1.54) is 10.1 Å². The standard InChI is InChI=1S/C14H14N4OS/c1-19-14-13(16-6-7-17-14)12(18-15)11-8-9-4-2-3-5-10(9)20-11/h2-8,12,18H,15H2,1H3. The van der Waals surface area contributed by atoms with Crippen molar-refractivity contribution in [2.24, 2.45) is 5.84 Å². The minimum atomic E-state index is -0.240. The van der Waals surface area contributed by atoms with E-state index in [0.29, 0.717) is 11.6 Å². The first kappa shape index (κ1) is 13.0. The highest BCUT2D eigenvalue weighted by Gasteiger charge is 2.21. The molecule has 6 heteroatoms. The lowest BCUT2D eigenvalue weighted by molar-refractivity contribution is 0.383. The summed E-state index contributed by atoms with van der Waals surface area (Å²) in [6, 6.07) is 10.1. The van der Waals surface area contributed by atoms with Gasteiger partial charge < -0.3 is 4.74 Å². The lowest BCUT2D eigenvalue weighted by Gasteiger charge is -2.15. The number of hydrogen-bond donors (Lipinski definition) is 2. The third-order valence-corrected chi connectivity index (χ3v) is 4.23. The van der Waals surface area contributed by atoms with Crippen molar-refractivity contribution in [3.63, 3.8) is 0 Å². The number of nitrogens with zero attached hydrogens (tertiary/aromatic N) is 2. The Labute approximate surface area is 120 Å². The summed E-state index contributed by atoms with van der Waals surface area (Å²) in [5.41, 5.74) is 3.48. The Morgan fingerprint density at radius 3 is 2.80 bits per heavy atom. The zero-order chi connectivity index (χ0) is 13.9. The molecular formula is C14H14N4OS. The maximum Gasteiger partial charge on any atom is 0.237 e. The average Bonchev–Trinajstić information content (AvgIpc) is 2.92. The number of fused-ring (bicyclic) bond motifs is 1. The molecule has 102 valence electrons. The highest BCUT2D eigenvalue weighted by Crippen LogP contribution is 2.34. The molecule has 1 aromatic carbocycles. The minimum Gasteiger partial charge on any atom is -0.480 e. The van der Waals surface area contributed by atoms with Crippen LogP contribution in [0.25, 0.3) is 10.1 Å². The summed E-state index contributed by atoms with van der Waals surface area (Å²) in [7, 11) is 1.58. The van der Waals surface area contributed by atoms with Crippen molar-refractivity contribution < 1.29 is 4.74 Å². The first-order chi connectivity index (χ1) is 9.83. The largest absolute Gasteiger partial charge is 0.480 e. The summed E-state index contributed by atoms with van der Waals surface area (Å²) in [5, 5.41) is 1.19. The second kappa shape index (κ2) is 5.54. The second-order valence-electron chi connectivity index (χ2n) is 4.24. The van der Waals surface area contributed by atoms with E-state index in [9.17, 15) is 0 Å². The number of methoxy groups -OCH3 is 1. The van der Waals surface area contributed by atoms with E-state index in [-0.39, 0.29) is 6.04 Å². The molecule has 2 aromatic heterocycles. The fourth-order valence-corrected chi connectivity index (χ4v) is 3.26. The van der Waals surface area contributed by atoms with Crippen LogP contribution in [0.3, 0.4) is 0 Å². The second-order valence-corrected chi connectivity index (χ2v) is 5.35. The van der Waals surface area contributed by atoms with Crippen molar-refractivity contribution in [2.75, 3.05) is 7.11 Å². The van der Waals surface area contributed by atoms with Gasteiger partial charge in [-0.2, -0.15) is 0 Å². The lowest BCUT2D eigenvalue weighted by atomic mass is 10.1. The molecule has 1 atom stereocenters. The summed E-state index contributed by atoms with van der Waals surface area (Å²) in [5.74, 6) is 6.20. The predicted molar refractivity (Wildman–Crippen MR) is 79.6 cm³/mol. The fraction of sp³-hybridized carbons (Fsp3) is 0.143. The van der Waals surface area contributed by atoms with Crippen LogP contribution in [-0.2, 0) is 0 Å². The number of rotatable bonds is 4. The average molecular weight is 286 g/mol. The molecule has 0 radical (unpaired) electrons. The quantitative estimate of drug-likeness (QED) is 0.568. The summed E-state index contributed by atoms with van der Waals surface area (Å²) in [6.07, 6.45) is 3.23. The molecule has 3 aromatic rings. The summed E-state index contributed by atoms with van der Waals surface area (Å²) in [4.78, 5) is 9.59. The van der Waals surface area contributed by atoms with E-state index in [4.69, 9.17) is 10.6 Å². The number of nitrogens with two attached hydrogens (primary N) is 1. The topological polar surface area (TPSA) is 73.1 Å². The minimum absolute atomic E-state index is 0.240. The van der Waals surface area contributed by atoms with Gasteiger partial charge in [-0.15, -0.1) is 11.3 Å². The lowest BCUT2D eigenvalue weighted by Crippen LogP contribution is -2.29. The third kappa shape index (κ3) is 2.24. The normalized spacial score (nSPS) is 12.5. The zero-order valence-electron chi connectivity index (χ0n) is 10.9. The Hall–Kier alpha value is -2.02. The molecule has 0 aliphatic heterocycles. The van der Waals surface area contributed by atoms with Crippen LogP contribution in [0, 0.1) is 0 Å². The van der Waals surface area contributed by atoms with Crippen LogP contribution in [0.2, 0.25) is 0 Å². The molecule has 3 rings (SSSR count). The molecule has 3 N–H and O–H groups in total. The van der Waals surface area contributed by atoms with Gasteiger partial charge in [-0.05, 0) is 17.5 Å². The SMILES string of the molecule is COc1nccnc1C(NN)c1cc2ccccc2s1. The van der Waals surface area contributed by atoms with Crippen molar-refractivity contribution in [2.45, 2.75) is 6.04 Å². The van der Waals surface area contributed by atoms with Gasteiger partial charge in [0.2, 0.25) is 5.88 Å². The molecule has 2 heterocycles. The van der Waals surface area contributed by atoms with Gasteiger partial charge in [0.1, 0.15) is 11.7 Å². The summed E-state index contributed by atoms with van der Waals surface area (Å²) in [6.45, 7) is 0. The molecule has 5 nitrogen and oxygen atoms in total. The first-order valence-corrected chi connectivity index (χ1v) is 6.94. The van der Waals surface area contributed by atoms with Gasteiger partial charge >= 0.3 is 0 Å². The number of nitrogens with one attached hydrogen (secondary N) is 1. The van der Waals surface area contributed by atoms with Gasteiger partial charge in [-0.1, -0.05) is 18.2 Å². The van der Waals surface area contributed by atoms with Crippen LogP contribution < -0.4 is 16.0 Å². The number of aromatic nitrogens is 2. The van der Waals surface area contributed by atoms with E-state index < -0.39 is 0 Å². The molecule has 0 spiro atoms. The highest BCUT2D eigenvalue weighted by atomic mass is 32.1. The van der Waals surface area contributed by atoms with E-state index in [2.05, 4.69) is 33.6 Å². The Kier molecular flexibility index (Phi) is 3.60. The molecule has 0 fully saturated rings. The van der Waals surface area contributed by atoms with Crippen LogP contribution in [0.5, 0.6) is 5.88 Å². The first-order valence-electron chi connectivity index (χ1n) is 6.13. The number of ether oxygens (including phenoxy) is 1. The number of hydrazine groups is 1. The summed E-state index contributed by atoms with van der Waals surface area (Å²) >= 11 is 1.68. The molecule has 0 aliphatic rings. The monoisotopic (exact) mass is 286 g/mol. The van der Waals surface area contributed by atoms with Crippen LogP contribution >= 0.6 is 11.3 Å². The molecule has 1 unspecified atom stereocenters. The van der Waals surface area contributed by atoms with E-state index in [0.717, 1.165) is 4.88 Å². The molecule has 0 amide bonds. The Balaban J connectivity index is 2.09. The van der Waals surface area contributed by atoms with Crippen LogP contribution in [-0.4, -0.2) is 17.1 Å². The highest BCUT2D eigenvalue weighted by molar-refractivity contribution is 7.19. The smallest absolute Gasteiger partial charge is 0.237 e. The Morgan fingerprint density at radius 1 is 1.25 bits per heavy atom. The molecule has 0 bridgehead atoms. The predicted octanol–water partition coefficient (Wildman–Crippen LogP) is 2.25. The van der Waals surface area contributed by atoms with Crippen molar-refractivity contribution in [1.82, 2.24) is 15.4 Å². The van der Waals surface area contributed by atoms with Gasteiger partial charge in [-0.3, -0.25) is 10.8 Å². The van der Waals surface area contributed by atoms with E-state index in [1.807, 2.05) is 12.1 Å². The molecular weight excluding hydrogens is 272 g/mol. The van der Waals surface area contributed by atoms with Gasteiger partial charge in [0.05, 0.1) is 7.11 Å². The van der Waals surface area contributed by atoms with Gasteiger partial charge in [0.15, 0.2) is 0 Å². The van der Waals surface area contributed by atoms with Gasteiger partial charge in [0, 0.05) is 22.0 Å². The third-order valence-electron chi connectivity index (χ3n) is 3.05. The molecule has 0 saturated carbocycles. The van der Waals surface area contributed by atoms with Gasteiger partial charge in [-0.25, -0.2) is 10.4 Å². The molecule has 0 saturated heterocycles. The fourth-order valence-electron chi connectivity index (χ4n) is 2.13. The zero-order valence-corrected chi connectivity index (χ0v) is 11.7. The van der Waals surface area contributed by atoms with Crippen LogP contribution in [0.1, 0.15) is 16.6 Å². The van der Waals surface area contributed by atoms with Crippen LogP contribution in [0.4, 0.5) is 0 Å². The Morgan fingerprint density at radius 2 is 2.05 bits per heavy atom. The van der Waals surface area contributed by atoms with Crippen molar-refractivity contribution in [3.05, 3.63) is 53.3 Å². The number of hydrogen-bond acceptors (Lipinski definition) is 6.